The topological polar surface area (TPSA) is 38.7 Å². The van der Waals surface area contributed by atoms with E-state index in [1.807, 2.05) is 23.6 Å². The van der Waals surface area contributed by atoms with Gasteiger partial charge >= 0.3 is 0 Å². The number of fused-ring (bicyclic) bond motifs is 8. The molecule has 0 amide bonds. The van der Waals surface area contributed by atoms with E-state index in [-0.39, 0.29) is 0 Å². The van der Waals surface area contributed by atoms with Crippen LogP contribution in [-0.2, 0) is 0 Å². The van der Waals surface area contributed by atoms with Gasteiger partial charge in [0.2, 0.25) is 0 Å². The summed E-state index contributed by atoms with van der Waals surface area (Å²) in [6, 6.07) is 38.2. The van der Waals surface area contributed by atoms with E-state index in [4.69, 9.17) is 9.97 Å². The molecule has 0 aliphatic rings. The number of aromatic nitrogens is 3. The zero-order valence-electron chi connectivity index (χ0n) is 19.7. The SMILES string of the molecule is c1cc(-c2ccc3ccc4cccnc4c3n2)cc(-c2nc3ccccc3c3c2sc2ccccc23)c1. The fourth-order valence-electron chi connectivity index (χ4n) is 5.34. The fourth-order valence-corrected chi connectivity index (χ4v) is 6.57. The smallest absolute Gasteiger partial charge is 0.0972 e. The van der Waals surface area contributed by atoms with E-state index in [0.29, 0.717) is 0 Å². The highest BCUT2D eigenvalue weighted by Gasteiger charge is 2.16. The standard InChI is InChI=1S/C33H19N3S/c1-3-12-27-24(10-1)29-25-11-2-4-13-28(25)37-33(29)32(36-27)23-8-5-7-22(19-23)26-17-16-21-15-14-20-9-6-18-34-30(20)31(21)35-26/h1-19H. The zero-order valence-corrected chi connectivity index (χ0v) is 20.5. The molecule has 0 aliphatic heterocycles. The summed E-state index contributed by atoms with van der Waals surface area (Å²) < 4.78 is 2.50. The highest BCUT2D eigenvalue weighted by molar-refractivity contribution is 7.26. The van der Waals surface area contributed by atoms with Gasteiger partial charge < -0.3 is 0 Å². The van der Waals surface area contributed by atoms with Crippen LogP contribution in [-0.4, -0.2) is 15.0 Å². The van der Waals surface area contributed by atoms with Gasteiger partial charge in [-0.15, -0.1) is 11.3 Å². The molecule has 8 rings (SSSR count). The Labute approximate surface area is 216 Å². The van der Waals surface area contributed by atoms with Crippen molar-refractivity contribution in [1.82, 2.24) is 15.0 Å². The summed E-state index contributed by atoms with van der Waals surface area (Å²) in [4.78, 5) is 14.9. The molecule has 0 N–H and O–H groups in total. The number of nitrogens with zero attached hydrogens (tertiary/aromatic N) is 3. The molecule has 4 aromatic carbocycles. The number of rotatable bonds is 2. The predicted octanol–water partition coefficient (Wildman–Crippen LogP) is 9.03. The second kappa shape index (κ2) is 7.92. The van der Waals surface area contributed by atoms with E-state index in [9.17, 15) is 0 Å². The molecule has 4 heterocycles. The van der Waals surface area contributed by atoms with E-state index >= 15 is 0 Å². The zero-order chi connectivity index (χ0) is 24.3. The third-order valence-corrected chi connectivity index (χ3v) is 8.26. The first kappa shape index (κ1) is 20.5. The Bertz CT molecular complexity index is 2160. The van der Waals surface area contributed by atoms with Crippen LogP contribution in [0.15, 0.2) is 115 Å². The second-order valence-corrected chi connectivity index (χ2v) is 10.3. The van der Waals surface area contributed by atoms with Crippen molar-refractivity contribution in [3.05, 3.63) is 115 Å². The van der Waals surface area contributed by atoms with Crippen LogP contribution in [0.2, 0.25) is 0 Å². The van der Waals surface area contributed by atoms with Crippen molar-refractivity contribution in [2.75, 3.05) is 0 Å². The van der Waals surface area contributed by atoms with E-state index in [2.05, 4.69) is 108 Å². The lowest BCUT2D eigenvalue weighted by atomic mass is 10.0. The molecule has 3 nitrogen and oxygen atoms in total. The first-order valence-corrected chi connectivity index (χ1v) is 13.1. The molecular weight excluding hydrogens is 470 g/mol. The number of thiophene rings is 1. The van der Waals surface area contributed by atoms with Crippen LogP contribution in [0.25, 0.3) is 75.4 Å². The minimum atomic E-state index is 0.928. The van der Waals surface area contributed by atoms with Gasteiger partial charge in [-0.2, -0.15) is 0 Å². The molecule has 0 saturated carbocycles. The summed E-state index contributed by atoms with van der Waals surface area (Å²) >= 11 is 1.82. The van der Waals surface area contributed by atoms with Crippen LogP contribution in [0, 0.1) is 0 Å². The van der Waals surface area contributed by atoms with E-state index in [1.165, 1.54) is 25.6 Å². The Hall–Kier alpha value is -4.67. The third-order valence-electron chi connectivity index (χ3n) is 7.08. The van der Waals surface area contributed by atoms with Crippen molar-refractivity contribution in [2.24, 2.45) is 0 Å². The quantitative estimate of drug-likeness (QED) is 0.227. The molecule has 4 heteroatoms. The van der Waals surface area contributed by atoms with Crippen molar-refractivity contribution in [3.63, 3.8) is 0 Å². The van der Waals surface area contributed by atoms with Crippen LogP contribution in [0.5, 0.6) is 0 Å². The lowest BCUT2D eigenvalue weighted by Crippen LogP contribution is -1.90. The molecule has 0 spiro atoms. The maximum atomic E-state index is 5.17. The van der Waals surface area contributed by atoms with Gasteiger partial charge in [-0.1, -0.05) is 78.9 Å². The molecule has 37 heavy (non-hydrogen) atoms. The lowest BCUT2D eigenvalue weighted by molar-refractivity contribution is 1.37. The molecule has 0 fully saturated rings. The number of benzene rings is 4. The summed E-state index contributed by atoms with van der Waals surface area (Å²) in [6.07, 6.45) is 1.83. The highest BCUT2D eigenvalue weighted by atomic mass is 32.1. The summed E-state index contributed by atoms with van der Waals surface area (Å²) in [6.45, 7) is 0. The Morgan fingerprint density at radius 2 is 1.35 bits per heavy atom. The summed E-state index contributed by atoms with van der Waals surface area (Å²) in [5, 5.41) is 5.96. The van der Waals surface area contributed by atoms with Gasteiger partial charge in [-0.3, -0.25) is 4.98 Å². The van der Waals surface area contributed by atoms with Crippen molar-refractivity contribution < 1.29 is 0 Å². The molecule has 0 radical (unpaired) electrons. The minimum Gasteiger partial charge on any atom is -0.254 e. The van der Waals surface area contributed by atoms with Crippen LogP contribution in [0.3, 0.4) is 0 Å². The third kappa shape index (κ3) is 3.16. The Morgan fingerprint density at radius 1 is 0.568 bits per heavy atom. The van der Waals surface area contributed by atoms with Crippen LogP contribution in [0.4, 0.5) is 0 Å². The molecule has 0 unspecified atom stereocenters. The Kier molecular flexibility index (Phi) is 4.39. The normalized spacial score (nSPS) is 11.8. The molecule has 0 atom stereocenters. The first-order chi connectivity index (χ1) is 18.3. The largest absolute Gasteiger partial charge is 0.254 e. The maximum Gasteiger partial charge on any atom is 0.0972 e. The van der Waals surface area contributed by atoms with Crippen molar-refractivity contribution >= 4 is 64.2 Å². The van der Waals surface area contributed by atoms with Gasteiger partial charge in [0, 0.05) is 49.0 Å². The Morgan fingerprint density at radius 3 is 2.30 bits per heavy atom. The van der Waals surface area contributed by atoms with Gasteiger partial charge in [0.25, 0.3) is 0 Å². The number of pyridine rings is 3. The molecule has 8 aromatic rings. The maximum absolute atomic E-state index is 5.17. The summed E-state index contributed by atoms with van der Waals surface area (Å²) in [5.74, 6) is 0. The number of hydrogen-bond donors (Lipinski definition) is 0. The van der Waals surface area contributed by atoms with E-state index < -0.39 is 0 Å². The molecule has 0 saturated heterocycles. The molecule has 0 aliphatic carbocycles. The Balaban J connectivity index is 1.37. The van der Waals surface area contributed by atoms with Crippen molar-refractivity contribution in [3.8, 4) is 22.5 Å². The van der Waals surface area contributed by atoms with Gasteiger partial charge in [0.05, 0.1) is 32.6 Å². The van der Waals surface area contributed by atoms with E-state index in [0.717, 1.165) is 49.8 Å². The van der Waals surface area contributed by atoms with Gasteiger partial charge in [0.1, 0.15) is 0 Å². The van der Waals surface area contributed by atoms with Gasteiger partial charge in [-0.25, -0.2) is 9.97 Å². The fraction of sp³-hybridized carbons (Fsp3) is 0. The van der Waals surface area contributed by atoms with Gasteiger partial charge in [-0.05, 0) is 30.3 Å². The number of hydrogen-bond acceptors (Lipinski definition) is 4. The number of para-hydroxylation sites is 1. The van der Waals surface area contributed by atoms with Crippen molar-refractivity contribution in [2.45, 2.75) is 0 Å². The van der Waals surface area contributed by atoms with Crippen LogP contribution < -0.4 is 0 Å². The minimum absolute atomic E-state index is 0.928. The average molecular weight is 490 g/mol. The molecule has 4 aromatic heterocycles. The average Bonchev–Trinajstić information content (AvgIpc) is 3.36. The molecule has 172 valence electrons. The van der Waals surface area contributed by atoms with Gasteiger partial charge in [0.15, 0.2) is 0 Å². The molecular formula is C33H19N3S. The first-order valence-electron chi connectivity index (χ1n) is 12.3. The van der Waals surface area contributed by atoms with E-state index in [1.54, 1.807) is 0 Å². The molecule has 0 bridgehead atoms. The monoisotopic (exact) mass is 489 g/mol. The predicted molar refractivity (Wildman–Crippen MR) is 156 cm³/mol. The highest BCUT2D eigenvalue weighted by Crippen LogP contribution is 2.43. The van der Waals surface area contributed by atoms with Crippen LogP contribution in [0.1, 0.15) is 0 Å². The lowest BCUT2D eigenvalue weighted by Gasteiger charge is -2.10. The summed E-state index contributed by atoms with van der Waals surface area (Å²) in [7, 11) is 0. The summed E-state index contributed by atoms with van der Waals surface area (Å²) in [5.41, 5.74) is 6.98. The van der Waals surface area contributed by atoms with Crippen LogP contribution >= 0.6 is 11.3 Å². The second-order valence-electron chi connectivity index (χ2n) is 9.27. The van der Waals surface area contributed by atoms with Crippen molar-refractivity contribution in [1.29, 1.82) is 0 Å².